The fourth-order valence-corrected chi connectivity index (χ4v) is 4.34. The topological polar surface area (TPSA) is 54.0 Å². The van der Waals surface area contributed by atoms with Crippen LogP contribution >= 0.6 is 47.5 Å². The maximum Gasteiger partial charge on any atom is 0.263 e. The van der Waals surface area contributed by atoms with Crippen molar-refractivity contribution in [3.8, 4) is 9.88 Å². The smallest absolute Gasteiger partial charge is 0.263 e. The summed E-state index contributed by atoms with van der Waals surface area (Å²) in [6.45, 7) is 6.02. The van der Waals surface area contributed by atoms with Crippen molar-refractivity contribution in [2.24, 2.45) is 5.92 Å². The first-order chi connectivity index (χ1) is 10.1. The van der Waals surface area contributed by atoms with E-state index in [9.17, 15) is 4.79 Å². The van der Waals surface area contributed by atoms with Crippen molar-refractivity contribution in [1.82, 2.24) is 15.6 Å². The Labute approximate surface area is 156 Å². The van der Waals surface area contributed by atoms with Gasteiger partial charge in [0, 0.05) is 6.04 Å². The van der Waals surface area contributed by atoms with Crippen molar-refractivity contribution in [1.29, 1.82) is 0 Å². The highest BCUT2D eigenvalue weighted by Crippen LogP contribution is 2.31. The molecule has 2 N–H and O–H groups in total. The Balaban J connectivity index is 0.00000132. The number of nitrogens with zero attached hydrogens (tertiary/aromatic N) is 1. The summed E-state index contributed by atoms with van der Waals surface area (Å²) >= 11 is 3.14. The van der Waals surface area contributed by atoms with Crippen LogP contribution in [0.2, 0.25) is 0 Å². The maximum absolute atomic E-state index is 12.5. The molecule has 3 rings (SSSR count). The number of hydrogen-bond donors (Lipinski definition) is 2. The molecule has 2 aromatic heterocycles. The quantitative estimate of drug-likeness (QED) is 0.834. The number of aryl methyl sites for hydroxylation is 1. The molecule has 1 fully saturated rings. The maximum atomic E-state index is 12.5. The number of halogens is 2. The summed E-state index contributed by atoms with van der Waals surface area (Å²) in [5, 5.41) is 9.50. The Morgan fingerprint density at radius 3 is 2.87 bits per heavy atom. The molecule has 4 nitrogen and oxygen atoms in total. The van der Waals surface area contributed by atoms with E-state index in [4.69, 9.17) is 0 Å². The number of thiophene rings is 1. The second-order valence-corrected chi connectivity index (χ2v) is 7.41. The lowest BCUT2D eigenvalue weighted by Crippen LogP contribution is -2.48. The molecule has 1 amide bonds. The fraction of sp³-hybridized carbons (Fsp3) is 0.467. The number of nitrogens with one attached hydrogen (secondary N) is 2. The summed E-state index contributed by atoms with van der Waals surface area (Å²) < 4.78 is 0. The van der Waals surface area contributed by atoms with Gasteiger partial charge >= 0.3 is 0 Å². The van der Waals surface area contributed by atoms with E-state index in [0.717, 1.165) is 40.0 Å². The van der Waals surface area contributed by atoms with E-state index < -0.39 is 0 Å². The molecular weight excluding hydrogens is 373 g/mol. The van der Waals surface area contributed by atoms with Crippen LogP contribution in [0, 0.1) is 12.8 Å². The van der Waals surface area contributed by atoms with Gasteiger partial charge in [0.2, 0.25) is 0 Å². The zero-order valence-electron chi connectivity index (χ0n) is 13.0. The third-order valence-corrected chi connectivity index (χ3v) is 6.03. The predicted octanol–water partition coefficient (Wildman–Crippen LogP) is 3.75. The van der Waals surface area contributed by atoms with Gasteiger partial charge in [-0.3, -0.25) is 4.79 Å². The Morgan fingerprint density at radius 2 is 2.22 bits per heavy atom. The summed E-state index contributed by atoms with van der Waals surface area (Å²) in [6.07, 6.45) is 0.989. The summed E-state index contributed by atoms with van der Waals surface area (Å²) in [4.78, 5) is 18.9. The number of hydrogen-bond acceptors (Lipinski definition) is 5. The van der Waals surface area contributed by atoms with Gasteiger partial charge in [0.15, 0.2) is 0 Å². The zero-order valence-corrected chi connectivity index (χ0v) is 16.3. The van der Waals surface area contributed by atoms with Crippen LogP contribution in [0.15, 0.2) is 17.5 Å². The molecule has 1 aliphatic heterocycles. The van der Waals surface area contributed by atoms with Crippen molar-refractivity contribution < 1.29 is 4.79 Å². The minimum Gasteiger partial charge on any atom is -0.348 e. The molecule has 2 atom stereocenters. The predicted molar refractivity (Wildman–Crippen MR) is 103 cm³/mol. The monoisotopic (exact) mass is 393 g/mol. The van der Waals surface area contributed by atoms with Gasteiger partial charge in [0.05, 0.1) is 10.6 Å². The molecule has 0 radical (unpaired) electrons. The van der Waals surface area contributed by atoms with E-state index in [1.807, 2.05) is 24.4 Å². The van der Waals surface area contributed by atoms with Gasteiger partial charge in [-0.25, -0.2) is 4.98 Å². The van der Waals surface area contributed by atoms with Crippen molar-refractivity contribution in [3.05, 3.63) is 28.1 Å². The van der Waals surface area contributed by atoms with E-state index in [2.05, 4.69) is 22.5 Å². The molecule has 128 valence electrons. The van der Waals surface area contributed by atoms with Gasteiger partial charge in [-0.05, 0) is 43.8 Å². The van der Waals surface area contributed by atoms with Crippen LogP contribution in [0.25, 0.3) is 9.88 Å². The lowest BCUT2D eigenvalue weighted by atomic mass is 9.95. The molecule has 2 unspecified atom stereocenters. The van der Waals surface area contributed by atoms with Gasteiger partial charge in [-0.2, -0.15) is 0 Å². The van der Waals surface area contributed by atoms with Crippen LogP contribution < -0.4 is 10.6 Å². The van der Waals surface area contributed by atoms with Gasteiger partial charge in [0.25, 0.3) is 5.91 Å². The summed E-state index contributed by atoms with van der Waals surface area (Å²) in [5.41, 5.74) is 0.822. The zero-order chi connectivity index (χ0) is 14.8. The SMILES string of the molecule is Cc1nc(-c2cccs2)sc1C(=O)NC1CCNCC1C.Cl.Cl. The van der Waals surface area contributed by atoms with Crippen LogP contribution in [0.5, 0.6) is 0 Å². The first-order valence-corrected chi connectivity index (χ1v) is 8.87. The van der Waals surface area contributed by atoms with Crippen molar-refractivity contribution >= 4 is 53.4 Å². The van der Waals surface area contributed by atoms with Gasteiger partial charge < -0.3 is 10.6 Å². The Hall–Kier alpha value is -0.660. The molecule has 1 aliphatic rings. The minimum atomic E-state index is 0. The van der Waals surface area contributed by atoms with E-state index in [0.29, 0.717) is 5.92 Å². The number of piperidine rings is 1. The third kappa shape index (κ3) is 4.67. The lowest BCUT2D eigenvalue weighted by Gasteiger charge is -2.30. The van der Waals surface area contributed by atoms with Crippen LogP contribution in [0.1, 0.15) is 28.7 Å². The average Bonchev–Trinajstić information content (AvgIpc) is 3.10. The highest BCUT2D eigenvalue weighted by molar-refractivity contribution is 7.22. The summed E-state index contributed by atoms with van der Waals surface area (Å²) in [5.74, 6) is 0.485. The lowest BCUT2D eigenvalue weighted by molar-refractivity contribution is 0.0917. The largest absolute Gasteiger partial charge is 0.348 e. The standard InChI is InChI=1S/C15H19N3OS2.2ClH/c1-9-8-16-6-5-11(9)18-14(19)13-10(2)17-15(21-13)12-4-3-7-20-12;;/h3-4,7,9,11,16H,5-6,8H2,1-2H3,(H,18,19);2*1H. The molecule has 8 heteroatoms. The highest BCUT2D eigenvalue weighted by atomic mass is 35.5. The van der Waals surface area contributed by atoms with Crippen molar-refractivity contribution in [2.45, 2.75) is 26.3 Å². The normalized spacial score (nSPS) is 20.3. The van der Waals surface area contributed by atoms with Gasteiger partial charge in [0.1, 0.15) is 9.88 Å². The van der Waals surface area contributed by atoms with Crippen LogP contribution in [0.3, 0.4) is 0 Å². The number of carbonyl (C=O) groups excluding carboxylic acids is 1. The Morgan fingerprint density at radius 1 is 1.43 bits per heavy atom. The van der Waals surface area contributed by atoms with E-state index in [1.165, 1.54) is 11.3 Å². The second kappa shape index (κ2) is 8.99. The number of aromatic nitrogens is 1. The number of thiazole rings is 1. The van der Waals surface area contributed by atoms with E-state index in [-0.39, 0.29) is 36.8 Å². The molecule has 0 bridgehead atoms. The molecule has 3 heterocycles. The Bertz CT molecular complexity index is 631. The van der Waals surface area contributed by atoms with E-state index >= 15 is 0 Å². The summed E-state index contributed by atoms with van der Waals surface area (Å²) in [6, 6.07) is 4.30. The molecule has 0 saturated carbocycles. The second-order valence-electron chi connectivity index (χ2n) is 5.46. The number of amides is 1. The summed E-state index contributed by atoms with van der Waals surface area (Å²) in [7, 11) is 0. The van der Waals surface area contributed by atoms with Crippen LogP contribution in [0.4, 0.5) is 0 Å². The molecule has 1 saturated heterocycles. The molecule has 0 aliphatic carbocycles. The van der Waals surface area contributed by atoms with Crippen molar-refractivity contribution in [2.75, 3.05) is 13.1 Å². The first kappa shape index (κ1) is 20.4. The van der Waals surface area contributed by atoms with Crippen molar-refractivity contribution in [3.63, 3.8) is 0 Å². The van der Waals surface area contributed by atoms with Crippen LogP contribution in [-0.4, -0.2) is 30.0 Å². The first-order valence-electron chi connectivity index (χ1n) is 7.18. The van der Waals surface area contributed by atoms with Gasteiger partial charge in [-0.1, -0.05) is 13.0 Å². The van der Waals surface area contributed by atoms with E-state index in [1.54, 1.807) is 11.3 Å². The molecule has 0 spiro atoms. The van der Waals surface area contributed by atoms with Gasteiger partial charge in [-0.15, -0.1) is 47.5 Å². The number of rotatable bonds is 3. The molecule has 2 aromatic rings. The minimum absolute atomic E-state index is 0. The number of carbonyl (C=O) groups is 1. The highest BCUT2D eigenvalue weighted by Gasteiger charge is 2.25. The molecular formula is C15H21Cl2N3OS2. The average molecular weight is 394 g/mol. The third-order valence-electron chi connectivity index (χ3n) is 3.84. The molecule has 23 heavy (non-hydrogen) atoms. The van der Waals surface area contributed by atoms with Crippen LogP contribution in [-0.2, 0) is 0 Å². The Kier molecular flexibility index (Phi) is 7.97. The molecule has 0 aromatic carbocycles. The fourth-order valence-electron chi connectivity index (χ4n) is 2.58.